The number of likely N-dealkylation sites (tertiary alicyclic amines) is 1. The van der Waals surface area contributed by atoms with Gasteiger partial charge in [0.25, 0.3) is 0 Å². The summed E-state index contributed by atoms with van der Waals surface area (Å²) in [4.78, 5) is 15.0. The van der Waals surface area contributed by atoms with Gasteiger partial charge in [-0.05, 0) is 61.9 Å². The van der Waals surface area contributed by atoms with E-state index in [4.69, 9.17) is 0 Å². The summed E-state index contributed by atoms with van der Waals surface area (Å²) in [6.07, 6.45) is 5.88. The van der Waals surface area contributed by atoms with Gasteiger partial charge in [0.2, 0.25) is 5.91 Å². The van der Waals surface area contributed by atoms with Crippen LogP contribution in [0.1, 0.15) is 31.7 Å². The van der Waals surface area contributed by atoms with Crippen LogP contribution in [0.4, 0.5) is 0 Å². The maximum Gasteiger partial charge on any atom is 0.239 e. The number of nitrogens with one attached hydrogen (secondary N) is 1. The molecular weight excluding hydrogens is 358 g/mol. The van der Waals surface area contributed by atoms with Crippen molar-refractivity contribution in [2.75, 3.05) is 19.6 Å². The Morgan fingerprint density at radius 1 is 1.07 bits per heavy atom. The average Bonchev–Trinajstić information content (AvgIpc) is 3.12. The van der Waals surface area contributed by atoms with Gasteiger partial charge in [0.15, 0.2) is 0 Å². The van der Waals surface area contributed by atoms with Crippen LogP contribution >= 0.6 is 0 Å². The smallest absolute Gasteiger partial charge is 0.239 e. The maximum atomic E-state index is 12.5. The molecule has 0 saturated carbocycles. The topological polar surface area (TPSA) is 37.3 Å². The molecule has 1 unspecified atom stereocenters. The van der Waals surface area contributed by atoms with Gasteiger partial charge in [-0.25, -0.2) is 0 Å². The third kappa shape index (κ3) is 4.70. The Bertz CT molecular complexity index is 973. The SMILES string of the molecule is Cc1ccc(-c2ccc3ccn(CC(=O)NCCN4CCCCC4C)c3c2)cc1. The Morgan fingerprint density at radius 2 is 1.86 bits per heavy atom. The third-order valence-electron chi connectivity index (χ3n) is 6.13. The Kier molecular flexibility index (Phi) is 6.00. The highest BCUT2D eigenvalue weighted by Gasteiger charge is 2.17. The second kappa shape index (κ2) is 8.83. The molecule has 4 heteroatoms. The number of fused-ring (bicyclic) bond motifs is 1. The van der Waals surface area contributed by atoms with Gasteiger partial charge in [0.05, 0.1) is 0 Å². The van der Waals surface area contributed by atoms with Gasteiger partial charge < -0.3 is 9.88 Å². The second-order valence-electron chi connectivity index (χ2n) is 8.31. The van der Waals surface area contributed by atoms with Crippen LogP contribution in [0.15, 0.2) is 54.7 Å². The summed E-state index contributed by atoms with van der Waals surface area (Å²) in [6.45, 7) is 7.56. The molecule has 0 bridgehead atoms. The Hall–Kier alpha value is -2.59. The van der Waals surface area contributed by atoms with Crippen LogP contribution in [-0.2, 0) is 11.3 Å². The highest BCUT2D eigenvalue weighted by Crippen LogP contribution is 2.25. The van der Waals surface area contributed by atoms with E-state index in [1.165, 1.54) is 36.0 Å². The maximum absolute atomic E-state index is 12.5. The number of carbonyl (C=O) groups is 1. The molecule has 4 rings (SSSR count). The first-order valence-corrected chi connectivity index (χ1v) is 10.8. The molecule has 152 valence electrons. The van der Waals surface area contributed by atoms with Crippen LogP contribution in [0, 0.1) is 6.92 Å². The molecule has 2 heterocycles. The highest BCUT2D eigenvalue weighted by atomic mass is 16.1. The number of nitrogens with zero attached hydrogens (tertiary/aromatic N) is 2. The van der Waals surface area contributed by atoms with Crippen molar-refractivity contribution in [3.8, 4) is 11.1 Å². The Balaban J connectivity index is 1.40. The summed E-state index contributed by atoms with van der Waals surface area (Å²) >= 11 is 0. The zero-order valence-electron chi connectivity index (χ0n) is 17.5. The molecule has 2 aromatic carbocycles. The van der Waals surface area contributed by atoms with Crippen LogP contribution in [0.25, 0.3) is 22.0 Å². The molecule has 0 radical (unpaired) electrons. The molecule has 1 fully saturated rings. The van der Waals surface area contributed by atoms with Crippen molar-refractivity contribution < 1.29 is 4.79 Å². The predicted octanol–water partition coefficient (Wildman–Crippen LogP) is 4.61. The van der Waals surface area contributed by atoms with Crippen molar-refractivity contribution >= 4 is 16.8 Å². The van der Waals surface area contributed by atoms with Crippen LogP contribution in [0.5, 0.6) is 0 Å². The van der Waals surface area contributed by atoms with Crippen LogP contribution in [0.2, 0.25) is 0 Å². The lowest BCUT2D eigenvalue weighted by molar-refractivity contribution is -0.121. The quantitative estimate of drug-likeness (QED) is 0.669. The molecule has 1 amide bonds. The highest BCUT2D eigenvalue weighted by molar-refractivity contribution is 5.87. The number of rotatable bonds is 6. The summed E-state index contributed by atoms with van der Waals surface area (Å²) in [7, 11) is 0. The molecule has 0 aliphatic carbocycles. The van der Waals surface area contributed by atoms with Crippen molar-refractivity contribution in [1.82, 2.24) is 14.8 Å². The fraction of sp³-hybridized carbons (Fsp3) is 0.400. The molecule has 1 aliphatic rings. The van der Waals surface area contributed by atoms with Gasteiger partial charge in [0, 0.05) is 30.8 Å². The standard InChI is InChI=1S/C25H31N3O/c1-19-6-8-21(9-7-19)23-11-10-22-12-15-28(24(22)17-23)18-25(29)26-13-16-27-14-4-3-5-20(27)2/h6-12,15,17,20H,3-5,13-14,16,18H2,1-2H3,(H,26,29). The lowest BCUT2D eigenvalue weighted by Crippen LogP contribution is -2.42. The minimum Gasteiger partial charge on any atom is -0.353 e. The Morgan fingerprint density at radius 3 is 2.66 bits per heavy atom. The van der Waals surface area contributed by atoms with Gasteiger partial charge in [-0.3, -0.25) is 9.69 Å². The molecule has 1 atom stereocenters. The molecule has 29 heavy (non-hydrogen) atoms. The van der Waals surface area contributed by atoms with Crippen LogP contribution in [0.3, 0.4) is 0 Å². The van der Waals surface area contributed by atoms with E-state index in [0.717, 1.165) is 30.5 Å². The van der Waals surface area contributed by atoms with E-state index >= 15 is 0 Å². The summed E-state index contributed by atoms with van der Waals surface area (Å²) < 4.78 is 2.05. The number of amides is 1. The number of piperidine rings is 1. The predicted molar refractivity (Wildman–Crippen MR) is 120 cm³/mol. The van der Waals surface area contributed by atoms with Crippen LogP contribution < -0.4 is 5.32 Å². The van der Waals surface area contributed by atoms with E-state index < -0.39 is 0 Å². The monoisotopic (exact) mass is 389 g/mol. The van der Waals surface area contributed by atoms with Crippen molar-refractivity contribution in [3.63, 3.8) is 0 Å². The minimum absolute atomic E-state index is 0.0768. The van der Waals surface area contributed by atoms with Crippen molar-refractivity contribution in [2.45, 2.75) is 45.7 Å². The molecular formula is C25H31N3O. The molecule has 1 aliphatic heterocycles. The lowest BCUT2D eigenvalue weighted by atomic mass is 10.0. The van der Waals surface area contributed by atoms with Gasteiger partial charge >= 0.3 is 0 Å². The zero-order valence-corrected chi connectivity index (χ0v) is 17.5. The first-order chi connectivity index (χ1) is 14.1. The summed E-state index contributed by atoms with van der Waals surface area (Å²) in [6, 6.07) is 17.8. The summed E-state index contributed by atoms with van der Waals surface area (Å²) in [5.41, 5.74) is 4.74. The van der Waals surface area contributed by atoms with Crippen molar-refractivity contribution in [1.29, 1.82) is 0 Å². The average molecular weight is 390 g/mol. The van der Waals surface area contributed by atoms with Crippen LogP contribution in [-0.4, -0.2) is 41.1 Å². The summed E-state index contributed by atoms with van der Waals surface area (Å²) in [5, 5.41) is 4.27. The van der Waals surface area contributed by atoms with E-state index in [9.17, 15) is 4.79 Å². The molecule has 3 aromatic rings. The molecule has 4 nitrogen and oxygen atoms in total. The molecule has 1 aromatic heterocycles. The number of carbonyl (C=O) groups excluding carboxylic acids is 1. The number of benzene rings is 2. The molecule has 1 N–H and O–H groups in total. The number of hydrogen-bond donors (Lipinski definition) is 1. The van der Waals surface area contributed by atoms with E-state index in [2.05, 4.69) is 72.6 Å². The van der Waals surface area contributed by atoms with Crippen molar-refractivity contribution in [2.24, 2.45) is 0 Å². The van der Waals surface area contributed by atoms with Crippen molar-refractivity contribution in [3.05, 3.63) is 60.3 Å². The first kappa shape index (κ1) is 19.7. The fourth-order valence-electron chi connectivity index (χ4n) is 4.29. The van der Waals surface area contributed by atoms with E-state index in [-0.39, 0.29) is 5.91 Å². The van der Waals surface area contributed by atoms with E-state index in [0.29, 0.717) is 12.6 Å². The number of hydrogen-bond acceptors (Lipinski definition) is 2. The second-order valence-corrected chi connectivity index (χ2v) is 8.31. The van der Waals surface area contributed by atoms with Gasteiger partial charge in [-0.1, -0.05) is 48.4 Å². The summed E-state index contributed by atoms with van der Waals surface area (Å²) in [5.74, 6) is 0.0768. The Labute approximate surface area is 173 Å². The lowest BCUT2D eigenvalue weighted by Gasteiger charge is -2.33. The fourth-order valence-corrected chi connectivity index (χ4v) is 4.29. The molecule has 1 saturated heterocycles. The minimum atomic E-state index is 0.0768. The number of aromatic nitrogens is 1. The van der Waals surface area contributed by atoms with E-state index in [1.54, 1.807) is 0 Å². The normalized spacial score (nSPS) is 17.5. The molecule has 0 spiro atoms. The van der Waals surface area contributed by atoms with Gasteiger partial charge in [-0.2, -0.15) is 0 Å². The largest absolute Gasteiger partial charge is 0.353 e. The third-order valence-corrected chi connectivity index (χ3v) is 6.13. The zero-order chi connectivity index (χ0) is 20.2. The van der Waals surface area contributed by atoms with Gasteiger partial charge in [-0.15, -0.1) is 0 Å². The first-order valence-electron chi connectivity index (χ1n) is 10.8. The number of aryl methyl sites for hydroxylation is 1. The van der Waals surface area contributed by atoms with Gasteiger partial charge in [0.1, 0.15) is 6.54 Å². The van der Waals surface area contributed by atoms with E-state index in [1.807, 2.05) is 10.8 Å².